The van der Waals surface area contributed by atoms with Crippen LogP contribution in [0.25, 0.3) is 57.9 Å². The van der Waals surface area contributed by atoms with Gasteiger partial charge in [0.25, 0.3) is 0 Å². The molecule has 4 nitrogen and oxygen atoms in total. The highest BCUT2D eigenvalue weighted by atomic mass is 32.1. The van der Waals surface area contributed by atoms with Crippen LogP contribution in [0.3, 0.4) is 0 Å². The summed E-state index contributed by atoms with van der Waals surface area (Å²) < 4.78 is 0. The fourth-order valence-electron chi connectivity index (χ4n) is 4.30. The van der Waals surface area contributed by atoms with Gasteiger partial charge in [-0.3, -0.25) is 4.98 Å². The number of rotatable bonds is 4. The Labute approximate surface area is 220 Å². The van der Waals surface area contributed by atoms with E-state index in [0.29, 0.717) is 17.1 Å². The quantitative estimate of drug-likeness (QED) is 0.246. The third kappa shape index (κ3) is 4.26. The maximum absolute atomic E-state index is 4.66. The van der Waals surface area contributed by atoms with Crippen LogP contribution in [0.4, 0.5) is 0 Å². The molecule has 0 aromatic carbocycles. The first-order chi connectivity index (χ1) is 17.7. The smallest absolute Gasteiger partial charge is 0.132 e. The van der Waals surface area contributed by atoms with Gasteiger partial charge in [0.15, 0.2) is 0 Å². The molecule has 0 aromatic rings. The normalized spacial score (nSPS) is 11.9. The van der Waals surface area contributed by atoms with Crippen molar-refractivity contribution in [2.45, 2.75) is 9.79 Å². The van der Waals surface area contributed by atoms with Gasteiger partial charge in [-0.2, -0.15) is 0 Å². The highest BCUT2D eigenvalue weighted by Gasteiger charge is 2.14. The number of thiol groups is 2. The Hall–Kier alpha value is -4.00. The molecule has 0 fully saturated rings. The molecule has 6 aliphatic rings. The second kappa shape index (κ2) is 9.57. The second-order valence-corrected chi connectivity index (χ2v) is 9.33. The molecule has 0 saturated carbocycles. The Bertz CT molecular complexity index is 1670. The molecule has 6 rings (SSSR count). The Morgan fingerprint density at radius 2 is 1.14 bits per heavy atom. The number of fused-ring (bicyclic) bond motifs is 3. The van der Waals surface area contributed by atoms with Gasteiger partial charge in [0.05, 0.1) is 18.1 Å². The maximum atomic E-state index is 4.66. The number of hydrogen-bond donors (Lipinski definition) is 2. The molecule has 0 radical (unpaired) electrons. The molecule has 0 aromatic heterocycles. The summed E-state index contributed by atoms with van der Waals surface area (Å²) in [6.45, 7) is 0. The van der Waals surface area contributed by atoms with Crippen LogP contribution in [0.1, 0.15) is 22.5 Å². The summed E-state index contributed by atoms with van der Waals surface area (Å²) in [7, 11) is 0. The lowest BCUT2D eigenvalue weighted by Gasteiger charge is -1.98. The first kappa shape index (κ1) is 22.5. The van der Waals surface area contributed by atoms with Gasteiger partial charge < -0.3 is 0 Å². The Morgan fingerprint density at radius 3 is 1.81 bits per heavy atom. The van der Waals surface area contributed by atoms with Crippen LogP contribution in [0.15, 0.2) is 95.0 Å². The van der Waals surface area contributed by atoms with Crippen LogP contribution >= 0.6 is 25.3 Å². The molecule has 0 spiro atoms. The molecule has 0 atom stereocenters. The Kier molecular flexibility index (Phi) is 5.97. The minimum Gasteiger partial charge on any atom is -0.253 e. The number of aromatic nitrogens is 4. The third-order valence-corrected chi connectivity index (χ3v) is 6.92. The molecule has 0 bridgehead atoms. The molecule has 2 heterocycles. The third-order valence-electron chi connectivity index (χ3n) is 6.14. The first-order valence-electron chi connectivity index (χ1n) is 11.4. The van der Waals surface area contributed by atoms with Crippen LogP contribution in [0, 0.1) is 0 Å². The van der Waals surface area contributed by atoms with Crippen molar-refractivity contribution < 1.29 is 0 Å². The van der Waals surface area contributed by atoms with E-state index in [0.717, 1.165) is 48.9 Å². The molecule has 2 aliphatic heterocycles. The molecular weight excluding hydrogens is 480 g/mol. The van der Waals surface area contributed by atoms with E-state index in [9.17, 15) is 0 Å². The minimum absolute atomic E-state index is 0.649. The van der Waals surface area contributed by atoms with Crippen molar-refractivity contribution in [1.82, 2.24) is 20.2 Å². The summed E-state index contributed by atoms with van der Waals surface area (Å²) in [6, 6.07) is 24.6. The standard InChI is InChI=1S/C30H20N4S2/c35-28-7-3-1-5-22-19(10-14-24(22)28)9-13-21-17-32-30-26(33-34-27(30)18-31-21)16-12-20-11-15-25-23(20)6-2-4-8-29(25)36/h1-18,35-36H/b13-9+,16-12+. The molecular formula is C30H20N4S2. The molecule has 4 aliphatic carbocycles. The monoisotopic (exact) mass is 500 g/mol. The van der Waals surface area contributed by atoms with Crippen LogP contribution in [0.2, 0.25) is 0 Å². The summed E-state index contributed by atoms with van der Waals surface area (Å²) in [6.07, 6.45) is 11.5. The van der Waals surface area contributed by atoms with Crippen molar-refractivity contribution in [3.05, 3.63) is 108 Å². The van der Waals surface area contributed by atoms with Crippen molar-refractivity contribution in [3.63, 3.8) is 0 Å². The van der Waals surface area contributed by atoms with E-state index >= 15 is 0 Å². The lowest BCUT2D eigenvalue weighted by Crippen LogP contribution is -1.79. The van der Waals surface area contributed by atoms with Crippen LogP contribution in [-0.2, 0) is 0 Å². The largest absolute Gasteiger partial charge is 0.253 e. The van der Waals surface area contributed by atoms with Crippen LogP contribution < -0.4 is 0 Å². The predicted octanol–water partition coefficient (Wildman–Crippen LogP) is 7.50. The van der Waals surface area contributed by atoms with Crippen molar-refractivity contribution >= 4 is 49.6 Å². The van der Waals surface area contributed by atoms with Crippen molar-refractivity contribution in [3.8, 4) is 33.6 Å². The molecule has 0 unspecified atom stereocenters. The van der Waals surface area contributed by atoms with E-state index in [1.165, 1.54) is 0 Å². The molecule has 36 heavy (non-hydrogen) atoms. The van der Waals surface area contributed by atoms with Gasteiger partial charge in [-0.1, -0.05) is 72.8 Å². The molecule has 0 amide bonds. The lowest BCUT2D eigenvalue weighted by atomic mass is 10.1. The summed E-state index contributed by atoms with van der Waals surface area (Å²) in [5.74, 6) is 0. The van der Waals surface area contributed by atoms with E-state index in [4.69, 9.17) is 0 Å². The zero-order valence-corrected chi connectivity index (χ0v) is 20.9. The van der Waals surface area contributed by atoms with E-state index in [1.54, 1.807) is 12.4 Å². The van der Waals surface area contributed by atoms with Crippen molar-refractivity contribution in [2.75, 3.05) is 0 Å². The summed E-state index contributed by atoms with van der Waals surface area (Å²) in [5.41, 5.74) is 9.51. The maximum Gasteiger partial charge on any atom is 0.132 e. The summed E-state index contributed by atoms with van der Waals surface area (Å²) in [5, 5.41) is 8.60. The summed E-state index contributed by atoms with van der Waals surface area (Å²) in [4.78, 5) is 11.1. The number of hydrogen-bond acceptors (Lipinski definition) is 6. The molecule has 172 valence electrons. The van der Waals surface area contributed by atoms with Crippen molar-refractivity contribution in [1.29, 1.82) is 0 Å². The Morgan fingerprint density at radius 1 is 0.528 bits per heavy atom. The minimum atomic E-state index is 0.649. The summed E-state index contributed by atoms with van der Waals surface area (Å²) >= 11 is 9.19. The fourth-order valence-corrected chi connectivity index (χ4v) is 4.86. The molecule has 0 saturated heterocycles. The van der Waals surface area contributed by atoms with Gasteiger partial charge in [-0.05, 0) is 57.7 Å². The van der Waals surface area contributed by atoms with E-state index in [1.807, 2.05) is 60.7 Å². The van der Waals surface area contributed by atoms with Gasteiger partial charge >= 0.3 is 0 Å². The zero-order valence-electron chi connectivity index (χ0n) is 19.1. The van der Waals surface area contributed by atoms with Gasteiger partial charge in [0.1, 0.15) is 17.1 Å². The van der Waals surface area contributed by atoms with Gasteiger partial charge in [-0.15, -0.1) is 35.5 Å². The molecule has 0 N–H and O–H groups in total. The second-order valence-electron chi connectivity index (χ2n) is 8.37. The topological polar surface area (TPSA) is 51.6 Å². The van der Waals surface area contributed by atoms with Crippen LogP contribution in [0.5, 0.6) is 0 Å². The SMILES string of the molecule is Sc1ccccc2c(/C=C/c3cnc4c(/C=C/c5ccc6c(S)ccccc5-6)nnc-4cn3)ccc1-2. The predicted molar refractivity (Wildman–Crippen MR) is 153 cm³/mol. The van der Waals surface area contributed by atoms with E-state index in [-0.39, 0.29) is 0 Å². The highest BCUT2D eigenvalue weighted by molar-refractivity contribution is 7.80. The lowest BCUT2D eigenvalue weighted by molar-refractivity contribution is 1.08. The van der Waals surface area contributed by atoms with Gasteiger partial charge in [0, 0.05) is 9.79 Å². The van der Waals surface area contributed by atoms with E-state index < -0.39 is 0 Å². The van der Waals surface area contributed by atoms with Gasteiger partial charge in [-0.25, -0.2) is 4.98 Å². The van der Waals surface area contributed by atoms with Gasteiger partial charge in [0.2, 0.25) is 0 Å². The average molecular weight is 501 g/mol. The van der Waals surface area contributed by atoms with Crippen LogP contribution in [-0.4, -0.2) is 20.2 Å². The van der Waals surface area contributed by atoms with Crippen molar-refractivity contribution in [2.24, 2.45) is 0 Å². The zero-order chi connectivity index (χ0) is 24.5. The van der Waals surface area contributed by atoms with E-state index in [2.05, 4.69) is 81.8 Å². The Balaban J connectivity index is 1.29. The first-order valence-corrected chi connectivity index (χ1v) is 12.3. The fraction of sp³-hybridized carbons (Fsp3) is 0. The molecule has 6 heteroatoms. The number of nitrogens with zero attached hydrogens (tertiary/aromatic N) is 4. The average Bonchev–Trinajstić information content (AvgIpc) is 3.47. The highest BCUT2D eigenvalue weighted by Crippen LogP contribution is 2.34.